The first-order valence-corrected chi connectivity index (χ1v) is 7.68. The van der Waals surface area contributed by atoms with Crippen molar-refractivity contribution < 1.29 is 9.32 Å². The standard InChI is InChI=1S/C15H26N4O2/c1-12-5-4-7-19(10-12)8-6-16-15(20)18(3)11-14-9-13(2)21-17-14/h9,12H,4-8,10-11H2,1-3H3,(H,16,20). The highest BCUT2D eigenvalue weighted by molar-refractivity contribution is 5.73. The second-order valence-electron chi connectivity index (χ2n) is 6.06. The lowest BCUT2D eigenvalue weighted by Crippen LogP contribution is -2.43. The lowest BCUT2D eigenvalue weighted by molar-refractivity contribution is 0.178. The SMILES string of the molecule is Cc1cc(CN(C)C(=O)NCCN2CCCC(C)C2)no1. The summed E-state index contributed by atoms with van der Waals surface area (Å²) in [5.74, 6) is 1.53. The number of hydrogen-bond acceptors (Lipinski definition) is 4. The lowest BCUT2D eigenvalue weighted by atomic mass is 10.0. The van der Waals surface area contributed by atoms with E-state index >= 15 is 0 Å². The summed E-state index contributed by atoms with van der Waals surface area (Å²) >= 11 is 0. The molecule has 2 heterocycles. The number of piperidine rings is 1. The summed E-state index contributed by atoms with van der Waals surface area (Å²) in [5.41, 5.74) is 0.773. The highest BCUT2D eigenvalue weighted by Crippen LogP contribution is 2.14. The summed E-state index contributed by atoms with van der Waals surface area (Å²) in [6.45, 7) is 8.50. The fourth-order valence-electron chi connectivity index (χ4n) is 2.75. The van der Waals surface area contributed by atoms with Gasteiger partial charge in [0.1, 0.15) is 11.5 Å². The smallest absolute Gasteiger partial charge is 0.317 e. The van der Waals surface area contributed by atoms with Gasteiger partial charge in [0.05, 0.1) is 6.54 Å². The molecule has 1 atom stereocenters. The molecule has 0 spiro atoms. The van der Waals surface area contributed by atoms with E-state index in [1.165, 1.54) is 12.8 Å². The molecule has 21 heavy (non-hydrogen) atoms. The number of carbonyl (C=O) groups is 1. The van der Waals surface area contributed by atoms with Crippen molar-refractivity contribution in [1.29, 1.82) is 0 Å². The van der Waals surface area contributed by atoms with Gasteiger partial charge in [0.2, 0.25) is 0 Å². The van der Waals surface area contributed by atoms with Crippen LogP contribution in [0, 0.1) is 12.8 Å². The predicted molar refractivity (Wildman–Crippen MR) is 80.9 cm³/mol. The van der Waals surface area contributed by atoms with E-state index in [9.17, 15) is 4.79 Å². The van der Waals surface area contributed by atoms with Crippen LogP contribution in [0.4, 0.5) is 4.79 Å². The molecule has 0 saturated carbocycles. The van der Waals surface area contributed by atoms with Crippen molar-refractivity contribution in [2.24, 2.45) is 5.92 Å². The van der Waals surface area contributed by atoms with Crippen LogP contribution < -0.4 is 5.32 Å². The van der Waals surface area contributed by atoms with Crippen molar-refractivity contribution in [3.8, 4) is 0 Å². The maximum absolute atomic E-state index is 12.0. The molecule has 1 fully saturated rings. The Labute approximate surface area is 126 Å². The Morgan fingerprint density at radius 1 is 1.62 bits per heavy atom. The van der Waals surface area contributed by atoms with E-state index < -0.39 is 0 Å². The molecule has 1 aliphatic rings. The van der Waals surface area contributed by atoms with Gasteiger partial charge in [-0.1, -0.05) is 12.1 Å². The molecule has 2 rings (SSSR count). The van der Waals surface area contributed by atoms with Gasteiger partial charge in [0.25, 0.3) is 0 Å². The van der Waals surface area contributed by atoms with Crippen LogP contribution in [-0.2, 0) is 6.54 Å². The molecule has 118 valence electrons. The fourth-order valence-corrected chi connectivity index (χ4v) is 2.75. The van der Waals surface area contributed by atoms with E-state index in [4.69, 9.17) is 4.52 Å². The van der Waals surface area contributed by atoms with Crippen molar-refractivity contribution >= 4 is 6.03 Å². The third kappa shape index (κ3) is 5.04. The number of nitrogens with zero attached hydrogens (tertiary/aromatic N) is 3. The number of aromatic nitrogens is 1. The van der Waals surface area contributed by atoms with Gasteiger partial charge in [-0.05, 0) is 32.2 Å². The summed E-state index contributed by atoms with van der Waals surface area (Å²) < 4.78 is 5.00. The third-order valence-corrected chi connectivity index (χ3v) is 3.87. The minimum Gasteiger partial charge on any atom is -0.361 e. The summed E-state index contributed by atoms with van der Waals surface area (Å²) in [4.78, 5) is 16.0. The fraction of sp³-hybridized carbons (Fsp3) is 0.733. The zero-order valence-electron chi connectivity index (χ0n) is 13.3. The van der Waals surface area contributed by atoms with Crippen LogP contribution in [0.3, 0.4) is 0 Å². The van der Waals surface area contributed by atoms with Crippen LogP contribution in [0.1, 0.15) is 31.2 Å². The summed E-state index contributed by atoms with van der Waals surface area (Å²) in [6.07, 6.45) is 2.59. The molecule has 0 aliphatic carbocycles. The lowest BCUT2D eigenvalue weighted by Gasteiger charge is -2.30. The van der Waals surface area contributed by atoms with Crippen molar-refractivity contribution in [3.05, 3.63) is 17.5 Å². The Morgan fingerprint density at radius 3 is 3.10 bits per heavy atom. The van der Waals surface area contributed by atoms with Crippen molar-refractivity contribution in [1.82, 2.24) is 20.3 Å². The van der Waals surface area contributed by atoms with Gasteiger partial charge in [0, 0.05) is 32.7 Å². The van der Waals surface area contributed by atoms with Crippen LogP contribution in [-0.4, -0.2) is 54.2 Å². The topological polar surface area (TPSA) is 61.6 Å². The Hall–Kier alpha value is -1.56. The minimum atomic E-state index is -0.0688. The van der Waals surface area contributed by atoms with Crippen LogP contribution in [0.5, 0.6) is 0 Å². The zero-order valence-corrected chi connectivity index (χ0v) is 13.3. The molecule has 0 bridgehead atoms. The summed E-state index contributed by atoms with van der Waals surface area (Å²) in [7, 11) is 1.77. The predicted octanol–water partition coefficient (Wildman–Crippen LogP) is 1.86. The second-order valence-corrected chi connectivity index (χ2v) is 6.06. The Morgan fingerprint density at radius 2 is 2.43 bits per heavy atom. The number of aryl methyl sites for hydroxylation is 1. The van der Waals surface area contributed by atoms with E-state index in [1.807, 2.05) is 13.0 Å². The quantitative estimate of drug-likeness (QED) is 0.900. The van der Waals surface area contributed by atoms with Gasteiger partial charge in [-0.3, -0.25) is 0 Å². The van der Waals surface area contributed by atoms with Gasteiger partial charge in [-0.25, -0.2) is 4.79 Å². The number of urea groups is 1. The van der Waals surface area contributed by atoms with Crippen LogP contribution in [0.25, 0.3) is 0 Å². The maximum Gasteiger partial charge on any atom is 0.317 e. The van der Waals surface area contributed by atoms with Crippen molar-refractivity contribution in [3.63, 3.8) is 0 Å². The van der Waals surface area contributed by atoms with E-state index in [2.05, 4.69) is 22.3 Å². The van der Waals surface area contributed by atoms with Gasteiger partial charge < -0.3 is 19.6 Å². The summed E-state index contributed by atoms with van der Waals surface area (Å²) in [5, 5.41) is 6.85. The van der Waals surface area contributed by atoms with E-state index in [0.29, 0.717) is 13.1 Å². The number of carbonyl (C=O) groups excluding carboxylic acids is 1. The minimum absolute atomic E-state index is 0.0688. The van der Waals surface area contributed by atoms with Gasteiger partial charge in [0.15, 0.2) is 0 Å². The maximum atomic E-state index is 12.0. The first-order valence-electron chi connectivity index (χ1n) is 7.68. The molecule has 2 amide bonds. The Bertz CT molecular complexity index is 460. The summed E-state index contributed by atoms with van der Waals surface area (Å²) in [6, 6.07) is 1.78. The van der Waals surface area contributed by atoms with Crippen molar-refractivity contribution in [2.45, 2.75) is 33.2 Å². The molecule has 0 aromatic carbocycles. The highest BCUT2D eigenvalue weighted by Gasteiger charge is 2.16. The molecular formula is C15H26N4O2. The molecule has 1 aliphatic heterocycles. The highest BCUT2D eigenvalue weighted by atomic mass is 16.5. The number of amides is 2. The Balaban J connectivity index is 1.66. The van der Waals surface area contributed by atoms with Crippen LogP contribution in [0.15, 0.2) is 10.6 Å². The number of rotatable bonds is 5. The van der Waals surface area contributed by atoms with E-state index in [-0.39, 0.29) is 6.03 Å². The molecule has 1 unspecified atom stereocenters. The molecule has 0 radical (unpaired) electrons. The third-order valence-electron chi connectivity index (χ3n) is 3.87. The van der Waals surface area contributed by atoms with E-state index in [1.54, 1.807) is 11.9 Å². The largest absolute Gasteiger partial charge is 0.361 e. The van der Waals surface area contributed by atoms with Crippen LogP contribution in [0.2, 0.25) is 0 Å². The van der Waals surface area contributed by atoms with Crippen LogP contribution >= 0.6 is 0 Å². The Kier molecular flexibility index (Phi) is 5.61. The molecule has 1 aromatic heterocycles. The van der Waals surface area contributed by atoms with Gasteiger partial charge in [-0.2, -0.15) is 0 Å². The molecule has 6 heteroatoms. The molecular weight excluding hydrogens is 268 g/mol. The molecule has 1 aromatic rings. The second kappa shape index (κ2) is 7.45. The van der Waals surface area contributed by atoms with E-state index in [0.717, 1.165) is 37.0 Å². The monoisotopic (exact) mass is 294 g/mol. The molecule has 6 nitrogen and oxygen atoms in total. The molecule has 1 saturated heterocycles. The first-order chi connectivity index (χ1) is 10.0. The number of hydrogen-bond donors (Lipinski definition) is 1. The number of likely N-dealkylation sites (tertiary alicyclic amines) is 1. The normalized spacial score (nSPS) is 19.5. The zero-order chi connectivity index (χ0) is 15.2. The average Bonchev–Trinajstić information content (AvgIpc) is 2.84. The first kappa shape index (κ1) is 15.8. The average molecular weight is 294 g/mol. The van der Waals surface area contributed by atoms with Crippen molar-refractivity contribution in [2.75, 3.05) is 33.2 Å². The van der Waals surface area contributed by atoms with Gasteiger partial charge >= 0.3 is 6.03 Å². The number of nitrogens with one attached hydrogen (secondary N) is 1. The van der Waals surface area contributed by atoms with Gasteiger partial charge in [-0.15, -0.1) is 0 Å². The molecule has 1 N–H and O–H groups in total.